The molecule has 1 aliphatic heterocycles. The van der Waals surface area contributed by atoms with E-state index >= 15 is 0 Å². The van der Waals surface area contributed by atoms with Crippen molar-refractivity contribution in [2.24, 2.45) is 5.92 Å². The summed E-state index contributed by atoms with van der Waals surface area (Å²) in [7, 11) is -2.90. The van der Waals surface area contributed by atoms with Gasteiger partial charge in [0.25, 0.3) is 5.91 Å². The molecule has 1 aliphatic rings. The van der Waals surface area contributed by atoms with Crippen LogP contribution in [0, 0.1) is 5.92 Å². The summed E-state index contributed by atoms with van der Waals surface area (Å²) in [5.41, 5.74) is 0. The first-order chi connectivity index (χ1) is 9.00. The number of nitrogens with one attached hydrogen (secondary N) is 2. The standard InChI is InChI=1S/C10H16N4O3S2/c1-2-11-10-14-13-9(18-10)8(15)12-5-7-3-4-19(16,17)6-7/h7H,2-6H2,1H3,(H,11,14)(H,12,15). The molecule has 0 bridgehead atoms. The van der Waals surface area contributed by atoms with E-state index in [1.807, 2.05) is 6.92 Å². The second kappa shape index (κ2) is 5.83. The zero-order chi connectivity index (χ0) is 13.9. The van der Waals surface area contributed by atoms with Gasteiger partial charge in [-0.1, -0.05) is 11.3 Å². The third-order valence-electron chi connectivity index (χ3n) is 2.83. The highest BCUT2D eigenvalue weighted by Crippen LogP contribution is 2.18. The lowest BCUT2D eigenvalue weighted by Gasteiger charge is -2.07. The van der Waals surface area contributed by atoms with E-state index < -0.39 is 9.84 Å². The predicted molar refractivity (Wildman–Crippen MR) is 73.2 cm³/mol. The molecule has 2 heterocycles. The fraction of sp³-hybridized carbons (Fsp3) is 0.700. The maximum atomic E-state index is 11.8. The fourth-order valence-electron chi connectivity index (χ4n) is 1.88. The summed E-state index contributed by atoms with van der Waals surface area (Å²) >= 11 is 1.18. The Kier molecular flexibility index (Phi) is 4.35. The molecule has 0 aromatic carbocycles. The van der Waals surface area contributed by atoms with E-state index in [0.717, 1.165) is 6.54 Å². The first-order valence-electron chi connectivity index (χ1n) is 6.06. The van der Waals surface area contributed by atoms with Crippen LogP contribution in [0.2, 0.25) is 0 Å². The van der Waals surface area contributed by atoms with Crippen molar-refractivity contribution in [3.8, 4) is 0 Å². The van der Waals surface area contributed by atoms with Crippen LogP contribution in [-0.4, -0.2) is 49.1 Å². The van der Waals surface area contributed by atoms with Crippen molar-refractivity contribution >= 4 is 32.2 Å². The molecular formula is C10H16N4O3S2. The van der Waals surface area contributed by atoms with E-state index in [9.17, 15) is 13.2 Å². The molecule has 2 rings (SSSR count). The van der Waals surface area contributed by atoms with Crippen molar-refractivity contribution in [3.05, 3.63) is 5.01 Å². The minimum Gasteiger partial charge on any atom is -0.360 e. The molecule has 106 valence electrons. The second-order valence-corrected chi connectivity index (χ2v) is 7.63. The molecule has 19 heavy (non-hydrogen) atoms. The van der Waals surface area contributed by atoms with Crippen LogP contribution in [0.15, 0.2) is 0 Å². The quantitative estimate of drug-likeness (QED) is 0.802. The summed E-state index contributed by atoms with van der Waals surface area (Å²) < 4.78 is 22.6. The average molecular weight is 304 g/mol. The summed E-state index contributed by atoms with van der Waals surface area (Å²) in [5.74, 6) is 0.0872. The highest BCUT2D eigenvalue weighted by molar-refractivity contribution is 7.91. The molecule has 1 fully saturated rings. The van der Waals surface area contributed by atoms with Crippen LogP contribution >= 0.6 is 11.3 Å². The van der Waals surface area contributed by atoms with Gasteiger partial charge in [0.05, 0.1) is 11.5 Å². The monoisotopic (exact) mass is 304 g/mol. The van der Waals surface area contributed by atoms with Gasteiger partial charge in [-0.2, -0.15) is 0 Å². The molecule has 0 radical (unpaired) electrons. The zero-order valence-electron chi connectivity index (χ0n) is 10.5. The molecule has 1 saturated heterocycles. The number of amides is 1. The fourth-order valence-corrected chi connectivity index (χ4v) is 4.47. The van der Waals surface area contributed by atoms with Gasteiger partial charge >= 0.3 is 0 Å². The van der Waals surface area contributed by atoms with Gasteiger partial charge in [-0.3, -0.25) is 4.79 Å². The largest absolute Gasteiger partial charge is 0.360 e. The Hall–Kier alpha value is -1.22. The summed E-state index contributed by atoms with van der Waals surface area (Å²) in [6.07, 6.45) is 0.612. The predicted octanol–water partition coefficient (Wildman–Crippen LogP) is 0.134. The minimum absolute atomic E-state index is 0.00936. The number of sulfone groups is 1. The number of rotatable bonds is 5. The smallest absolute Gasteiger partial charge is 0.282 e. The van der Waals surface area contributed by atoms with Crippen LogP contribution in [0.1, 0.15) is 23.1 Å². The number of hydrogen-bond acceptors (Lipinski definition) is 7. The zero-order valence-corrected chi connectivity index (χ0v) is 12.2. The van der Waals surface area contributed by atoms with Crippen LogP contribution in [0.5, 0.6) is 0 Å². The van der Waals surface area contributed by atoms with Crippen LogP contribution in [0.25, 0.3) is 0 Å². The SMILES string of the molecule is CCNc1nnc(C(=O)NCC2CCS(=O)(=O)C2)s1. The Balaban J connectivity index is 1.84. The minimum atomic E-state index is -2.90. The van der Waals surface area contributed by atoms with E-state index in [1.54, 1.807) is 0 Å². The Morgan fingerprint density at radius 2 is 2.26 bits per heavy atom. The van der Waals surface area contributed by atoms with Gasteiger partial charge in [-0.15, -0.1) is 10.2 Å². The van der Waals surface area contributed by atoms with Crippen LogP contribution in [-0.2, 0) is 9.84 Å². The first-order valence-corrected chi connectivity index (χ1v) is 8.70. The maximum absolute atomic E-state index is 11.8. The Morgan fingerprint density at radius 1 is 1.47 bits per heavy atom. The summed E-state index contributed by atoms with van der Waals surface area (Å²) in [6, 6.07) is 0. The summed E-state index contributed by atoms with van der Waals surface area (Å²) in [5, 5.41) is 14.2. The third-order valence-corrected chi connectivity index (χ3v) is 5.54. The Bertz CT molecular complexity index is 555. The van der Waals surface area contributed by atoms with Crippen LogP contribution < -0.4 is 10.6 Å². The normalized spacial score (nSPS) is 21.2. The van der Waals surface area contributed by atoms with Crippen LogP contribution in [0.4, 0.5) is 5.13 Å². The molecule has 7 nitrogen and oxygen atoms in total. The van der Waals surface area contributed by atoms with E-state index in [4.69, 9.17) is 0 Å². The average Bonchev–Trinajstić information content (AvgIpc) is 2.93. The highest BCUT2D eigenvalue weighted by Gasteiger charge is 2.28. The molecule has 1 atom stereocenters. The lowest BCUT2D eigenvalue weighted by atomic mass is 10.1. The highest BCUT2D eigenvalue weighted by atomic mass is 32.2. The first kappa shape index (κ1) is 14.2. The summed E-state index contributed by atoms with van der Waals surface area (Å²) in [6.45, 7) is 3.02. The van der Waals surface area contributed by atoms with Gasteiger partial charge < -0.3 is 10.6 Å². The lowest BCUT2D eigenvalue weighted by Crippen LogP contribution is -2.29. The summed E-state index contributed by atoms with van der Waals surface area (Å²) in [4.78, 5) is 11.8. The molecule has 1 aromatic rings. The molecular weight excluding hydrogens is 288 g/mol. The van der Waals surface area contributed by atoms with Crippen molar-refractivity contribution in [1.29, 1.82) is 0 Å². The number of hydrogen-bond donors (Lipinski definition) is 2. The molecule has 0 saturated carbocycles. The van der Waals surface area contributed by atoms with Crippen LogP contribution in [0.3, 0.4) is 0 Å². The van der Waals surface area contributed by atoms with E-state index in [0.29, 0.717) is 18.1 Å². The number of nitrogens with zero attached hydrogens (tertiary/aromatic N) is 2. The van der Waals surface area contributed by atoms with E-state index in [-0.39, 0.29) is 28.3 Å². The molecule has 2 N–H and O–H groups in total. The third kappa shape index (κ3) is 3.87. The molecule has 1 unspecified atom stereocenters. The van der Waals surface area contributed by atoms with E-state index in [1.165, 1.54) is 11.3 Å². The second-order valence-electron chi connectivity index (χ2n) is 4.42. The number of aromatic nitrogens is 2. The van der Waals surface area contributed by atoms with Gasteiger partial charge in [0.15, 0.2) is 9.84 Å². The molecule has 9 heteroatoms. The molecule has 1 aromatic heterocycles. The topological polar surface area (TPSA) is 101 Å². The van der Waals surface area contributed by atoms with Crippen molar-refractivity contribution in [2.45, 2.75) is 13.3 Å². The van der Waals surface area contributed by atoms with Gasteiger partial charge in [0.1, 0.15) is 0 Å². The maximum Gasteiger partial charge on any atom is 0.282 e. The van der Waals surface area contributed by atoms with Gasteiger partial charge in [0, 0.05) is 13.1 Å². The molecule has 0 aliphatic carbocycles. The van der Waals surface area contributed by atoms with Crippen molar-refractivity contribution in [1.82, 2.24) is 15.5 Å². The Morgan fingerprint density at radius 3 is 2.89 bits per heavy atom. The Labute approximate surface area is 115 Å². The number of carbonyl (C=O) groups excluding carboxylic acids is 1. The van der Waals surface area contributed by atoms with Gasteiger partial charge in [0.2, 0.25) is 10.1 Å². The number of carbonyl (C=O) groups is 1. The van der Waals surface area contributed by atoms with Crippen molar-refractivity contribution < 1.29 is 13.2 Å². The lowest BCUT2D eigenvalue weighted by molar-refractivity contribution is 0.0947. The van der Waals surface area contributed by atoms with Crippen molar-refractivity contribution in [2.75, 3.05) is 29.9 Å². The van der Waals surface area contributed by atoms with Crippen molar-refractivity contribution in [3.63, 3.8) is 0 Å². The van der Waals surface area contributed by atoms with Gasteiger partial charge in [-0.05, 0) is 19.3 Å². The number of anilines is 1. The molecule has 1 amide bonds. The molecule has 0 spiro atoms. The van der Waals surface area contributed by atoms with Gasteiger partial charge in [-0.25, -0.2) is 8.42 Å². The van der Waals surface area contributed by atoms with E-state index in [2.05, 4.69) is 20.8 Å².